The van der Waals surface area contributed by atoms with E-state index in [0.29, 0.717) is 17.9 Å². The number of nitrogens with one attached hydrogen (secondary N) is 2. The number of rotatable bonds is 5. The average Bonchev–Trinajstić information content (AvgIpc) is 2.93. The van der Waals surface area contributed by atoms with E-state index in [2.05, 4.69) is 21.1 Å². The van der Waals surface area contributed by atoms with E-state index in [4.69, 9.17) is 5.26 Å². The Balaban J connectivity index is 2.03. The number of pyridine rings is 1. The second-order valence-electron chi connectivity index (χ2n) is 3.85. The Bertz CT molecular complexity index is 730. The topological polar surface area (TPSA) is 94.9 Å². The van der Waals surface area contributed by atoms with E-state index in [1.165, 1.54) is 30.6 Å². The molecule has 2 N–H and O–H groups in total. The summed E-state index contributed by atoms with van der Waals surface area (Å²) in [4.78, 5) is 5.17. The first-order valence-corrected chi connectivity index (χ1v) is 8.02. The van der Waals surface area contributed by atoms with Gasteiger partial charge < -0.3 is 5.32 Å². The van der Waals surface area contributed by atoms with E-state index in [0.717, 1.165) is 4.88 Å². The Hall–Kier alpha value is -1.95. The largest absolute Gasteiger partial charge is 0.365 e. The maximum absolute atomic E-state index is 11.5. The van der Waals surface area contributed by atoms with E-state index in [1.807, 2.05) is 0 Å². The molecular formula is C12H12N4O2S2. The van der Waals surface area contributed by atoms with Crippen LogP contribution in [0.2, 0.25) is 0 Å². The number of aromatic nitrogens is 1. The summed E-state index contributed by atoms with van der Waals surface area (Å²) < 4.78 is 25.3. The smallest absolute Gasteiger partial charge is 0.241 e. The highest BCUT2D eigenvalue weighted by Gasteiger charge is 2.11. The van der Waals surface area contributed by atoms with Gasteiger partial charge in [0.2, 0.25) is 10.0 Å². The maximum atomic E-state index is 11.5. The van der Waals surface area contributed by atoms with Crippen molar-refractivity contribution < 1.29 is 8.42 Å². The number of thiophene rings is 1. The minimum atomic E-state index is -3.46. The zero-order valence-corrected chi connectivity index (χ0v) is 12.3. The van der Waals surface area contributed by atoms with Crippen LogP contribution in [0.15, 0.2) is 34.7 Å². The molecule has 2 aromatic heterocycles. The van der Waals surface area contributed by atoms with Crippen molar-refractivity contribution in [2.45, 2.75) is 11.4 Å². The van der Waals surface area contributed by atoms with Gasteiger partial charge >= 0.3 is 0 Å². The lowest BCUT2D eigenvalue weighted by Crippen LogP contribution is -2.18. The Morgan fingerprint density at radius 3 is 2.80 bits per heavy atom. The van der Waals surface area contributed by atoms with Crippen molar-refractivity contribution in [1.29, 1.82) is 5.26 Å². The summed E-state index contributed by atoms with van der Waals surface area (Å²) in [6, 6.07) is 6.96. The molecule has 20 heavy (non-hydrogen) atoms. The summed E-state index contributed by atoms with van der Waals surface area (Å²) in [6.07, 6.45) is 1.29. The molecule has 0 saturated carbocycles. The average molecular weight is 308 g/mol. The number of sulfonamides is 1. The van der Waals surface area contributed by atoms with Gasteiger partial charge in [-0.2, -0.15) is 5.26 Å². The molecule has 0 bridgehead atoms. The van der Waals surface area contributed by atoms with Crippen molar-refractivity contribution in [1.82, 2.24) is 9.71 Å². The third-order valence-electron chi connectivity index (χ3n) is 2.54. The summed E-state index contributed by atoms with van der Waals surface area (Å²) in [5.41, 5.74) is 0.634. The first-order chi connectivity index (χ1) is 9.55. The first kappa shape index (κ1) is 14.5. The highest BCUT2D eigenvalue weighted by atomic mass is 32.2. The molecule has 0 aliphatic rings. The van der Waals surface area contributed by atoms with E-state index in [-0.39, 0.29) is 4.90 Å². The van der Waals surface area contributed by atoms with Gasteiger partial charge in [0.1, 0.15) is 16.8 Å². The Kier molecular flexibility index (Phi) is 4.34. The molecule has 0 saturated heterocycles. The van der Waals surface area contributed by atoms with Crippen LogP contribution in [0.5, 0.6) is 0 Å². The van der Waals surface area contributed by atoms with Gasteiger partial charge in [0.05, 0.1) is 12.1 Å². The molecular weight excluding hydrogens is 296 g/mol. The standard InChI is InChI=1S/C12H12N4O2S2/c1-14-20(17,18)11-2-3-12(16-7-11)15-6-10-4-9(5-13)8-19-10/h2-4,7-8,14H,6H2,1H3,(H,15,16). The van der Waals surface area contributed by atoms with Crippen LogP contribution in [0.25, 0.3) is 0 Å². The fraction of sp³-hybridized carbons (Fsp3) is 0.167. The Labute approximate surface area is 121 Å². The number of anilines is 1. The number of hydrogen-bond donors (Lipinski definition) is 2. The van der Waals surface area contributed by atoms with E-state index in [9.17, 15) is 8.42 Å². The molecule has 2 heterocycles. The van der Waals surface area contributed by atoms with Gasteiger partial charge in [-0.1, -0.05) is 0 Å². The molecule has 2 rings (SSSR count). The number of nitrogens with zero attached hydrogens (tertiary/aromatic N) is 2. The first-order valence-electron chi connectivity index (χ1n) is 5.66. The molecule has 0 fully saturated rings. The molecule has 8 heteroatoms. The van der Waals surface area contributed by atoms with Gasteiger partial charge in [0, 0.05) is 16.5 Å². The van der Waals surface area contributed by atoms with Gasteiger partial charge in [-0.3, -0.25) is 0 Å². The van der Waals surface area contributed by atoms with Gasteiger partial charge in [-0.05, 0) is 25.2 Å². The summed E-state index contributed by atoms with van der Waals surface area (Å²) in [5.74, 6) is 0.576. The lowest BCUT2D eigenvalue weighted by molar-refractivity contribution is 0.588. The molecule has 0 aliphatic carbocycles. The van der Waals surface area contributed by atoms with Crippen molar-refractivity contribution in [3.63, 3.8) is 0 Å². The molecule has 0 spiro atoms. The minimum Gasteiger partial charge on any atom is -0.365 e. The predicted octanol–water partition coefficient (Wildman–Crippen LogP) is 1.53. The van der Waals surface area contributed by atoms with Gasteiger partial charge in [-0.15, -0.1) is 11.3 Å². The van der Waals surface area contributed by atoms with Gasteiger partial charge in [-0.25, -0.2) is 18.1 Å². The normalized spacial score (nSPS) is 11.0. The number of hydrogen-bond acceptors (Lipinski definition) is 6. The van der Waals surface area contributed by atoms with Crippen LogP contribution in [0.4, 0.5) is 5.82 Å². The van der Waals surface area contributed by atoms with E-state index >= 15 is 0 Å². The molecule has 6 nitrogen and oxygen atoms in total. The van der Waals surface area contributed by atoms with Crippen LogP contribution in [-0.2, 0) is 16.6 Å². The lowest BCUT2D eigenvalue weighted by atomic mass is 10.3. The van der Waals surface area contributed by atoms with Crippen LogP contribution in [-0.4, -0.2) is 20.4 Å². The van der Waals surface area contributed by atoms with Crippen LogP contribution < -0.4 is 10.0 Å². The molecule has 104 valence electrons. The van der Waals surface area contributed by atoms with Crippen molar-refractivity contribution in [3.05, 3.63) is 40.2 Å². The minimum absolute atomic E-state index is 0.119. The van der Waals surface area contributed by atoms with Gasteiger partial charge in [0.15, 0.2) is 0 Å². The third-order valence-corrected chi connectivity index (χ3v) is 4.88. The summed E-state index contributed by atoms with van der Waals surface area (Å²) in [6.45, 7) is 0.539. The second kappa shape index (κ2) is 6.00. The van der Waals surface area contributed by atoms with Crippen LogP contribution in [0, 0.1) is 11.3 Å². The lowest BCUT2D eigenvalue weighted by Gasteiger charge is -2.05. The monoisotopic (exact) mass is 308 g/mol. The van der Waals surface area contributed by atoms with Crippen molar-refractivity contribution in [2.75, 3.05) is 12.4 Å². The summed E-state index contributed by atoms with van der Waals surface area (Å²) >= 11 is 1.49. The van der Waals surface area contributed by atoms with Crippen molar-refractivity contribution in [2.24, 2.45) is 0 Å². The van der Waals surface area contributed by atoms with E-state index < -0.39 is 10.0 Å². The van der Waals surface area contributed by atoms with E-state index in [1.54, 1.807) is 17.5 Å². The van der Waals surface area contributed by atoms with Crippen molar-refractivity contribution >= 4 is 27.2 Å². The van der Waals surface area contributed by atoms with Crippen LogP contribution >= 0.6 is 11.3 Å². The third kappa shape index (κ3) is 3.33. The Morgan fingerprint density at radius 1 is 1.45 bits per heavy atom. The number of nitriles is 1. The molecule has 0 amide bonds. The second-order valence-corrected chi connectivity index (χ2v) is 6.74. The molecule has 0 atom stereocenters. The maximum Gasteiger partial charge on any atom is 0.241 e. The molecule has 0 aliphatic heterocycles. The SMILES string of the molecule is CNS(=O)(=O)c1ccc(NCc2cc(C#N)cs2)nc1. The fourth-order valence-electron chi connectivity index (χ4n) is 1.47. The summed E-state index contributed by atoms with van der Waals surface area (Å²) in [5, 5.41) is 13.6. The zero-order valence-electron chi connectivity index (χ0n) is 10.6. The van der Waals surface area contributed by atoms with Crippen molar-refractivity contribution in [3.8, 4) is 6.07 Å². The molecule has 0 radical (unpaired) electrons. The predicted molar refractivity (Wildman–Crippen MR) is 76.8 cm³/mol. The summed E-state index contributed by atoms with van der Waals surface area (Å²) in [7, 11) is -2.10. The van der Waals surface area contributed by atoms with Gasteiger partial charge in [0.25, 0.3) is 0 Å². The van der Waals surface area contributed by atoms with Crippen LogP contribution in [0.3, 0.4) is 0 Å². The van der Waals surface area contributed by atoms with Crippen LogP contribution in [0.1, 0.15) is 10.4 Å². The highest BCUT2D eigenvalue weighted by molar-refractivity contribution is 7.89. The highest BCUT2D eigenvalue weighted by Crippen LogP contribution is 2.16. The quantitative estimate of drug-likeness (QED) is 0.873. The molecule has 2 aromatic rings. The molecule has 0 unspecified atom stereocenters. The fourth-order valence-corrected chi connectivity index (χ4v) is 2.90. The molecule has 0 aromatic carbocycles. The Morgan fingerprint density at radius 2 is 2.25 bits per heavy atom. The zero-order chi connectivity index (χ0) is 14.6.